The van der Waals surface area contributed by atoms with Gasteiger partial charge in [-0.3, -0.25) is 19.3 Å². The number of cyclic esters (lactones) is 1. The lowest BCUT2D eigenvalue weighted by molar-refractivity contribution is -0.267. The van der Waals surface area contributed by atoms with Crippen LogP contribution in [-0.2, 0) is 35.1 Å². The van der Waals surface area contributed by atoms with Gasteiger partial charge in [0.25, 0.3) is 0 Å². The first-order chi connectivity index (χ1) is 27.1. The summed E-state index contributed by atoms with van der Waals surface area (Å²) in [5.74, 6) is -2.90. The van der Waals surface area contributed by atoms with Crippen molar-refractivity contribution in [3.8, 4) is 11.4 Å². The zero-order valence-electron chi connectivity index (χ0n) is 35.2. The zero-order chi connectivity index (χ0) is 42.0. The predicted molar refractivity (Wildman–Crippen MR) is 215 cm³/mol. The summed E-state index contributed by atoms with van der Waals surface area (Å²) < 4.78 is 36.9. The minimum Gasteiger partial charge on any atom is -0.458 e. The number of esters is 1. The van der Waals surface area contributed by atoms with Gasteiger partial charge in [-0.1, -0.05) is 38.1 Å². The third kappa shape index (κ3) is 11.2. The number of aryl methyl sites for hydroxylation is 1. The number of pyridine rings is 1. The van der Waals surface area contributed by atoms with Gasteiger partial charge in [0.05, 0.1) is 30.1 Å². The summed E-state index contributed by atoms with van der Waals surface area (Å²) in [5.41, 5.74) is 1.12. The first kappa shape index (κ1) is 46.3. The molecule has 0 aromatic carbocycles. The molecule has 0 saturated carbocycles. The number of halogens is 1. The van der Waals surface area contributed by atoms with Gasteiger partial charge in [0.2, 0.25) is 0 Å². The Kier molecular flexibility index (Phi) is 17.0. The molecule has 3 aliphatic rings. The number of allylic oxidation sites excluding steroid dienone is 1. The van der Waals surface area contributed by atoms with E-state index in [-0.39, 0.29) is 36.0 Å². The summed E-state index contributed by atoms with van der Waals surface area (Å²) in [6, 6.07) is 5.07. The predicted octanol–water partition coefficient (Wildman–Crippen LogP) is 6.28. The highest BCUT2D eigenvalue weighted by atomic mass is 32.2. The van der Waals surface area contributed by atoms with Crippen molar-refractivity contribution in [2.24, 2.45) is 17.8 Å². The first-order valence-corrected chi connectivity index (χ1v) is 21.2. The van der Waals surface area contributed by atoms with E-state index < -0.39 is 60.1 Å². The van der Waals surface area contributed by atoms with Crippen LogP contribution in [0, 0.1) is 17.8 Å². The van der Waals surface area contributed by atoms with Crippen molar-refractivity contribution in [2.75, 3.05) is 26.9 Å². The van der Waals surface area contributed by atoms with Crippen LogP contribution in [-0.4, -0.2) is 128 Å². The Morgan fingerprint density at radius 2 is 1.81 bits per heavy atom. The van der Waals surface area contributed by atoms with E-state index in [1.807, 2.05) is 71.1 Å². The number of carbonyl (C=O) groups is 3. The molecule has 2 fully saturated rings. The lowest BCUT2D eigenvalue weighted by Gasteiger charge is -2.43. The second-order valence-corrected chi connectivity index (χ2v) is 16.3. The van der Waals surface area contributed by atoms with Crippen LogP contribution in [0.4, 0.5) is 8.68 Å². The number of rotatable bonds is 10. The molecule has 2 saturated heterocycles. The number of nitrogens with zero attached hydrogens (tertiary/aromatic N) is 6. The van der Waals surface area contributed by atoms with Gasteiger partial charge in [-0.2, -0.15) is 3.89 Å². The molecule has 11 atom stereocenters. The number of aromatic nitrogens is 4. The van der Waals surface area contributed by atoms with Gasteiger partial charge in [0.15, 0.2) is 17.7 Å². The zero-order valence-corrected chi connectivity index (χ0v) is 36.0. The Labute approximate surface area is 341 Å². The molecule has 14 nitrogen and oxygen atoms in total. The van der Waals surface area contributed by atoms with E-state index in [4.69, 9.17) is 18.9 Å². The number of fused-ring (bicyclic) bond motifs is 1. The number of Topliss-reactive ketones (excluding diaryl/α,β-unsaturated/α-hetero) is 1. The van der Waals surface area contributed by atoms with Gasteiger partial charge in [-0.25, -0.2) is 4.79 Å². The third-order valence-electron chi connectivity index (χ3n) is 11.6. The second-order valence-electron chi connectivity index (χ2n) is 16.0. The van der Waals surface area contributed by atoms with Crippen LogP contribution in [0.1, 0.15) is 87.0 Å². The molecule has 0 radical (unpaired) electrons. The number of unbranched alkanes of at least 4 members (excludes halogenated alkanes) is 1. The van der Waals surface area contributed by atoms with Crippen LogP contribution in [0.3, 0.4) is 0 Å². The smallest absolute Gasteiger partial charge is 0.410 e. The molecule has 2 aromatic heterocycles. The SMILES string of the molecule is CC[C@H]1OC(=O)[C@H](C)C(=O)[C@H](C)[C@@H](O[C@@H]2O[C@H](C)CC(N(C)C)C2O)/C(C)=C/CC[C@H](C)[C@H]2N(CCCCn3cc(-c4ccccn4)nn3)C(=O)O[C@]12C.CSF. The maximum Gasteiger partial charge on any atom is 0.410 e. The molecule has 2 unspecified atom stereocenters. The van der Waals surface area contributed by atoms with Gasteiger partial charge in [0, 0.05) is 49.6 Å². The average molecular weight is 819 g/mol. The summed E-state index contributed by atoms with van der Waals surface area (Å²) in [5, 5.41) is 19.8. The molecular formula is C41H63FN6O8S. The number of carbonyl (C=O) groups excluding carboxylic acids is 3. The topological polar surface area (TPSA) is 158 Å². The fourth-order valence-electron chi connectivity index (χ4n) is 8.46. The highest BCUT2D eigenvalue weighted by Crippen LogP contribution is 2.41. The second kappa shape index (κ2) is 21.0. The highest BCUT2D eigenvalue weighted by molar-refractivity contribution is 7.93. The van der Waals surface area contributed by atoms with Gasteiger partial charge in [-0.05, 0) is 104 Å². The number of ketones is 1. The molecule has 318 valence electrons. The number of hydrogen-bond donors (Lipinski definition) is 1. The van der Waals surface area contributed by atoms with E-state index >= 15 is 0 Å². The van der Waals surface area contributed by atoms with Crippen LogP contribution in [0.2, 0.25) is 0 Å². The molecule has 1 amide bonds. The lowest BCUT2D eigenvalue weighted by atomic mass is 9.79. The maximum absolute atomic E-state index is 14.0. The minimum atomic E-state index is -1.14. The number of likely N-dealkylation sites (N-methyl/N-ethyl adjacent to an activating group) is 1. The first-order valence-electron chi connectivity index (χ1n) is 20.1. The largest absolute Gasteiger partial charge is 0.458 e. The minimum absolute atomic E-state index is 0.0431. The van der Waals surface area contributed by atoms with Gasteiger partial charge in [-0.15, -0.1) is 5.10 Å². The van der Waals surface area contributed by atoms with E-state index in [0.29, 0.717) is 50.9 Å². The Morgan fingerprint density at radius 3 is 2.46 bits per heavy atom. The quantitative estimate of drug-likeness (QED) is 0.124. The van der Waals surface area contributed by atoms with E-state index in [1.165, 1.54) is 6.26 Å². The van der Waals surface area contributed by atoms with Crippen LogP contribution >= 0.6 is 12.1 Å². The van der Waals surface area contributed by atoms with Crippen molar-refractivity contribution < 1.29 is 42.3 Å². The molecule has 16 heteroatoms. The number of ether oxygens (including phenoxy) is 4. The Balaban J connectivity index is 0.00000232. The maximum atomic E-state index is 14.0. The van der Waals surface area contributed by atoms with Crippen LogP contribution in [0.25, 0.3) is 11.4 Å². The third-order valence-corrected chi connectivity index (χ3v) is 11.6. The molecule has 5 heterocycles. The lowest BCUT2D eigenvalue weighted by Crippen LogP contribution is -2.56. The number of amides is 1. The van der Waals surface area contributed by atoms with Gasteiger partial charge in [0.1, 0.15) is 23.8 Å². The molecule has 5 rings (SSSR count). The van der Waals surface area contributed by atoms with E-state index in [0.717, 1.165) is 17.7 Å². The van der Waals surface area contributed by atoms with Crippen molar-refractivity contribution >= 4 is 30.0 Å². The fraction of sp³-hybridized carbons (Fsp3) is 0.707. The molecular weight excluding hydrogens is 756 g/mol. The van der Waals surface area contributed by atoms with Crippen LogP contribution in [0.5, 0.6) is 0 Å². The molecule has 0 spiro atoms. The number of aliphatic hydroxyl groups excluding tert-OH is 1. The van der Waals surface area contributed by atoms with Crippen molar-refractivity contribution in [1.82, 2.24) is 29.8 Å². The normalized spacial score (nSPS) is 33.7. The van der Waals surface area contributed by atoms with E-state index in [9.17, 15) is 23.4 Å². The molecule has 0 aliphatic carbocycles. The summed E-state index contributed by atoms with van der Waals surface area (Å²) >= 11 is 0.250. The molecule has 0 bridgehead atoms. The molecule has 2 aromatic rings. The monoisotopic (exact) mass is 818 g/mol. The van der Waals surface area contributed by atoms with E-state index in [2.05, 4.69) is 28.3 Å². The summed E-state index contributed by atoms with van der Waals surface area (Å²) in [6.45, 7) is 14.1. The van der Waals surface area contributed by atoms with Gasteiger partial charge < -0.3 is 33.9 Å². The standard InChI is InChI=1S/C40H60N6O8.CH3FS/c1-10-32-40(7)36(46(39(50)54-40)21-14-13-20-45-23-30(42-43-45)29-18-11-12-19-41-29)25(3)17-15-16-24(2)35(27(5)33(47)28(6)37(49)52-32)53-38-34(48)31(44(8)9)22-26(4)51-38;1-3-2/h11-12,16,18-19,23,25-28,31-32,34-36,38,48H,10,13-15,17,20-22H2,1-9H3;1H3/b24-16+;/t25-,26+,27-,28+,31?,32+,34?,35-,36+,38-,40+;/m0./s1. The molecule has 1 N–H and O–H groups in total. The van der Waals surface area contributed by atoms with E-state index in [1.54, 1.807) is 29.6 Å². The number of aliphatic hydroxyl groups is 1. The van der Waals surface area contributed by atoms with Crippen LogP contribution < -0.4 is 0 Å². The Morgan fingerprint density at radius 1 is 1.11 bits per heavy atom. The summed E-state index contributed by atoms with van der Waals surface area (Å²) in [7, 11) is 3.82. The molecule has 57 heavy (non-hydrogen) atoms. The summed E-state index contributed by atoms with van der Waals surface area (Å²) in [4.78, 5) is 49.5. The summed E-state index contributed by atoms with van der Waals surface area (Å²) in [6.07, 6.45) is 6.79. The fourth-order valence-corrected chi connectivity index (χ4v) is 8.46. The van der Waals surface area contributed by atoms with Crippen molar-refractivity contribution in [3.05, 3.63) is 42.2 Å². The average Bonchev–Trinajstić information content (AvgIpc) is 3.76. The van der Waals surface area contributed by atoms with Gasteiger partial charge >= 0.3 is 12.1 Å². The molecule has 3 aliphatic heterocycles. The number of hydrogen-bond acceptors (Lipinski definition) is 13. The van der Waals surface area contributed by atoms with Crippen molar-refractivity contribution in [2.45, 2.75) is 142 Å². The Hall–Kier alpha value is -3.44. The van der Waals surface area contributed by atoms with Crippen molar-refractivity contribution in [3.63, 3.8) is 0 Å². The van der Waals surface area contributed by atoms with Crippen LogP contribution in [0.15, 0.2) is 42.2 Å². The highest BCUT2D eigenvalue weighted by Gasteiger charge is 2.58. The Bertz CT molecular complexity index is 1650. The van der Waals surface area contributed by atoms with Crippen molar-refractivity contribution in [1.29, 1.82) is 0 Å².